The van der Waals surface area contributed by atoms with Crippen LogP contribution in [0.1, 0.15) is 44.3 Å². The topological polar surface area (TPSA) is 34.1 Å². The van der Waals surface area contributed by atoms with E-state index in [1.165, 1.54) is 5.56 Å². The minimum Gasteiger partial charge on any atom is -0.289 e. The van der Waals surface area contributed by atoms with Crippen LogP contribution in [0.15, 0.2) is 53.6 Å². The highest BCUT2D eigenvalue weighted by atomic mass is 16.1. The molecule has 22 heavy (non-hydrogen) atoms. The fraction of sp³-hybridized carbons (Fsp3) is 0.200. The van der Waals surface area contributed by atoms with E-state index in [1.54, 1.807) is 13.0 Å². The van der Waals surface area contributed by atoms with E-state index in [9.17, 15) is 9.59 Å². The summed E-state index contributed by atoms with van der Waals surface area (Å²) >= 11 is 0. The fourth-order valence-electron chi connectivity index (χ4n) is 2.94. The maximum absolute atomic E-state index is 12.8. The number of carbonyl (C=O) groups excluding carboxylic acids is 2. The molecule has 2 heteroatoms. The molecule has 0 atom stereocenters. The van der Waals surface area contributed by atoms with E-state index in [1.807, 2.05) is 50.2 Å². The zero-order chi connectivity index (χ0) is 15.9. The van der Waals surface area contributed by atoms with Crippen molar-refractivity contribution in [1.82, 2.24) is 0 Å². The molecule has 0 aromatic heterocycles. The van der Waals surface area contributed by atoms with Crippen molar-refractivity contribution < 1.29 is 9.59 Å². The third-order valence-electron chi connectivity index (χ3n) is 4.31. The Kier molecular flexibility index (Phi) is 3.53. The van der Waals surface area contributed by atoms with Gasteiger partial charge in [0.15, 0.2) is 11.6 Å². The summed E-state index contributed by atoms with van der Waals surface area (Å²) in [6.07, 6.45) is 0.504. The Hall–Kier alpha value is -2.48. The van der Waals surface area contributed by atoms with Crippen LogP contribution < -0.4 is 0 Å². The van der Waals surface area contributed by atoms with Crippen LogP contribution in [0.4, 0.5) is 0 Å². The Bertz CT molecular complexity index is 808. The van der Waals surface area contributed by atoms with E-state index in [0.29, 0.717) is 28.7 Å². The molecule has 0 N–H and O–H groups in total. The second-order valence-corrected chi connectivity index (χ2v) is 5.92. The summed E-state index contributed by atoms with van der Waals surface area (Å²) in [6.45, 7) is 5.67. The number of hydrogen-bond donors (Lipinski definition) is 0. The summed E-state index contributed by atoms with van der Waals surface area (Å²) in [7, 11) is 0. The van der Waals surface area contributed by atoms with Gasteiger partial charge in [0, 0.05) is 28.7 Å². The maximum atomic E-state index is 12.8. The van der Waals surface area contributed by atoms with Gasteiger partial charge in [-0.2, -0.15) is 0 Å². The van der Waals surface area contributed by atoms with Crippen molar-refractivity contribution in [3.05, 3.63) is 81.4 Å². The number of hydrogen-bond acceptors (Lipinski definition) is 2. The molecule has 1 aliphatic rings. The van der Waals surface area contributed by atoms with Crippen LogP contribution in [0.3, 0.4) is 0 Å². The van der Waals surface area contributed by atoms with E-state index >= 15 is 0 Å². The van der Waals surface area contributed by atoms with Gasteiger partial charge in [-0.15, -0.1) is 0 Å². The smallest absolute Gasteiger partial charge is 0.190 e. The monoisotopic (exact) mass is 290 g/mol. The van der Waals surface area contributed by atoms with E-state index in [-0.39, 0.29) is 11.6 Å². The van der Waals surface area contributed by atoms with E-state index in [2.05, 4.69) is 0 Å². The zero-order valence-electron chi connectivity index (χ0n) is 13.1. The van der Waals surface area contributed by atoms with Gasteiger partial charge >= 0.3 is 0 Å². The van der Waals surface area contributed by atoms with E-state index in [4.69, 9.17) is 0 Å². The van der Waals surface area contributed by atoms with E-state index in [0.717, 1.165) is 11.1 Å². The molecule has 0 heterocycles. The lowest BCUT2D eigenvalue weighted by molar-refractivity contribution is 0.0972. The molecule has 2 aromatic carbocycles. The van der Waals surface area contributed by atoms with E-state index < -0.39 is 0 Å². The Morgan fingerprint density at radius 2 is 1.50 bits per heavy atom. The summed E-state index contributed by atoms with van der Waals surface area (Å²) in [5, 5.41) is 0. The minimum absolute atomic E-state index is 0.0172. The predicted molar refractivity (Wildman–Crippen MR) is 87.4 cm³/mol. The predicted octanol–water partition coefficient (Wildman–Crippen LogP) is 4.24. The van der Waals surface area contributed by atoms with Gasteiger partial charge in [-0.05, 0) is 31.9 Å². The van der Waals surface area contributed by atoms with Crippen LogP contribution in [0.5, 0.6) is 0 Å². The van der Waals surface area contributed by atoms with Gasteiger partial charge in [0.05, 0.1) is 0 Å². The Labute approximate surface area is 130 Å². The third kappa shape index (κ3) is 2.31. The molecule has 0 unspecified atom stereocenters. The number of benzene rings is 2. The molecule has 0 fully saturated rings. The van der Waals surface area contributed by atoms with Crippen molar-refractivity contribution in [3.63, 3.8) is 0 Å². The van der Waals surface area contributed by atoms with Crippen LogP contribution in [0.25, 0.3) is 0 Å². The molecule has 0 amide bonds. The highest BCUT2D eigenvalue weighted by molar-refractivity contribution is 6.27. The number of Topliss-reactive ketones (excluding diaryl/α,β-unsaturated/α-hetero) is 2. The maximum Gasteiger partial charge on any atom is 0.190 e. The van der Waals surface area contributed by atoms with Crippen molar-refractivity contribution >= 4 is 11.6 Å². The highest BCUT2D eigenvalue weighted by Gasteiger charge is 2.30. The summed E-state index contributed by atoms with van der Waals surface area (Å²) in [6, 6.07) is 13.5. The van der Waals surface area contributed by atoms with Gasteiger partial charge in [-0.1, -0.05) is 48.0 Å². The SMILES string of the molecule is CC1=C(Cc2ccc(C)cc2)C(=O)c2cccc(C)c2C1=O. The van der Waals surface area contributed by atoms with Crippen LogP contribution in [0, 0.1) is 13.8 Å². The molecule has 0 bridgehead atoms. The first-order valence-electron chi connectivity index (χ1n) is 7.43. The molecule has 2 aromatic rings. The average Bonchev–Trinajstić information content (AvgIpc) is 2.51. The Morgan fingerprint density at radius 1 is 0.818 bits per heavy atom. The molecule has 0 saturated heterocycles. The lowest BCUT2D eigenvalue weighted by Crippen LogP contribution is -2.23. The molecule has 3 rings (SSSR count). The molecule has 110 valence electrons. The number of aryl methyl sites for hydroxylation is 2. The van der Waals surface area contributed by atoms with Gasteiger partial charge in [-0.3, -0.25) is 9.59 Å². The van der Waals surface area contributed by atoms with Gasteiger partial charge in [0.2, 0.25) is 0 Å². The van der Waals surface area contributed by atoms with Gasteiger partial charge < -0.3 is 0 Å². The molecule has 0 radical (unpaired) electrons. The summed E-state index contributed by atoms with van der Waals surface area (Å²) in [5.74, 6) is -0.0359. The first-order valence-corrected chi connectivity index (χ1v) is 7.43. The van der Waals surface area contributed by atoms with Crippen LogP contribution in [0.2, 0.25) is 0 Å². The van der Waals surface area contributed by atoms with Gasteiger partial charge in [0.25, 0.3) is 0 Å². The standard InChI is InChI=1S/C20H18O2/c1-12-7-9-15(10-8-12)11-17-14(3)19(21)18-13(2)5-4-6-16(18)20(17)22/h4-10H,11H2,1-3H3. The fourth-order valence-corrected chi connectivity index (χ4v) is 2.94. The van der Waals surface area contributed by atoms with Crippen molar-refractivity contribution in [2.75, 3.05) is 0 Å². The number of carbonyl (C=O) groups is 2. The molecular weight excluding hydrogens is 272 g/mol. The lowest BCUT2D eigenvalue weighted by atomic mass is 9.80. The van der Waals surface area contributed by atoms with Crippen molar-refractivity contribution in [1.29, 1.82) is 0 Å². The summed E-state index contributed by atoms with van der Waals surface area (Å²) < 4.78 is 0. The normalized spacial score (nSPS) is 14.3. The van der Waals surface area contributed by atoms with Crippen molar-refractivity contribution in [2.45, 2.75) is 27.2 Å². The Balaban J connectivity index is 2.05. The first-order chi connectivity index (χ1) is 10.5. The second kappa shape index (κ2) is 5.38. The quantitative estimate of drug-likeness (QED) is 0.829. The van der Waals surface area contributed by atoms with Crippen LogP contribution in [-0.4, -0.2) is 11.6 Å². The molecule has 0 saturated carbocycles. The van der Waals surface area contributed by atoms with Crippen LogP contribution in [-0.2, 0) is 6.42 Å². The van der Waals surface area contributed by atoms with Crippen molar-refractivity contribution in [2.24, 2.45) is 0 Å². The summed E-state index contributed by atoms with van der Waals surface area (Å²) in [5.41, 5.74) is 5.40. The molecular formula is C20H18O2. The second-order valence-electron chi connectivity index (χ2n) is 5.92. The first kappa shape index (κ1) is 14.5. The number of rotatable bonds is 2. The Morgan fingerprint density at radius 3 is 2.18 bits per heavy atom. The highest BCUT2D eigenvalue weighted by Crippen LogP contribution is 2.30. The molecule has 1 aliphatic carbocycles. The molecule has 0 spiro atoms. The summed E-state index contributed by atoms with van der Waals surface area (Å²) in [4.78, 5) is 25.4. The largest absolute Gasteiger partial charge is 0.289 e. The van der Waals surface area contributed by atoms with Crippen LogP contribution >= 0.6 is 0 Å². The minimum atomic E-state index is -0.0187. The lowest BCUT2D eigenvalue weighted by Gasteiger charge is -2.20. The number of allylic oxidation sites excluding steroid dienone is 2. The van der Waals surface area contributed by atoms with Gasteiger partial charge in [-0.25, -0.2) is 0 Å². The average molecular weight is 290 g/mol. The molecule has 0 aliphatic heterocycles. The zero-order valence-corrected chi connectivity index (χ0v) is 13.1. The van der Waals surface area contributed by atoms with Crippen molar-refractivity contribution in [3.8, 4) is 0 Å². The van der Waals surface area contributed by atoms with Gasteiger partial charge in [0.1, 0.15) is 0 Å². The number of ketones is 2. The molecule has 2 nitrogen and oxygen atoms in total. The third-order valence-corrected chi connectivity index (χ3v) is 4.31. The number of fused-ring (bicyclic) bond motifs is 1.